The molecule has 0 saturated heterocycles. The van der Waals surface area contributed by atoms with Crippen LogP contribution >= 0.6 is 0 Å². The van der Waals surface area contributed by atoms with Crippen molar-refractivity contribution in [3.8, 4) is 0 Å². The molecule has 0 aromatic heterocycles. The molecule has 0 amide bonds. The van der Waals surface area contributed by atoms with E-state index in [1.807, 2.05) is 0 Å². The Labute approximate surface area is 216 Å². The Morgan fingerprint density at radius 2 is 1.74 bits per heavy atom. The molecule has 191 valence electrons. The van der Waals surface area contributed by atoms with Gasteiger partial charge >= 0.3 is 0 Å². The Balaban J connectivity index is 1.63. The van der Waals surface area contributed by atoms with Crippen molar-refractivity contribution < 1.29 is 9.22 Å². The number of Topliss-reactive ketones (excluding diaryl/α,β-unsaturated/α-hetero) is 1. The molecule has 3 fully saturated rings. The molecule has 7 atom stereocenters. The average Bonchev–Trinajstić information content (AvgIpc) is 3.19. The molecule has 4 aliphatic rings. The molecule has 1 aromatic rings. The zero-order chi connectivity index (χ0) is 25.2. The number of carbonyl (C=O) groups is 1. The predicted octanol–water partition coefficient (Wildman–Crippen LogP) is 8.13. The van der Waals surface area contributed by atoms with Gasteiger partial charge in [0.05, 0.1) is 0 Å². The van der Waals surface area contributed by atoms with Crippen LogP contribution in [0.3, 0.4) is 0 Å². The number of aryl methyl sites for hydroxylation is 1. The third kappa shape index (κ3) is 4.23. The first-order chi connectivity index (χ1) is 16.5. The molecule has 0 aliphatic heterocycles. The van der Waals surface area contributed by atoms with E-state index in [0.717, 1.165) is 19.4 Å². The van der Waals surface area contributed by atoms with Crippen LogP contribution in [0.5, 0.6) is 0 Å². The van der Waals surface area contributed by atoms with Gasteiger partial charge in [0.1, 0.15) is 5.78 Å². The molecule has 4 aliphatic carbocycles. The molecule has 2 nitrogen and oxygen atoms in total. The first-order valence-electron chi connectivity index (χ1n) is 14.2. The maximum Gasteiger partial charge on any atom is 0.204 e. The second-order valence-electron chi connectivity index (χ2n) is 14.0. The molecule has 0 unspecified atom stereocenters. The van der Waals surface area contributed by atoms with Crippen LogP contribution in [0.4, 0.5) is 0 Å². The second kappa shape index (κ2) is 8.98. The summed E-state index contributed by atoms with van der Waals surface area (Å²) in [5.41, 5.74) is 5.03. The SMILES string of the molecule is Cc1ccc([C@H]2C=C3CC(=O)CC[C@]3(C)[C@H]3CC[C@]4(CO[Si](C)C)[C@@H](C(C)(C)C)CC[C@H]4[C@H]23)cc1. The third-order valence-electron chi connectivity index (χ3n) is 10.8. The van der Waals surface area contributed by atoms with E-state index in [-0.39, 0.29) is 10.8 Å². The molecule has 1 radical (unpaired) electrons. The summed E-state index contributed by atoms with van der Waals surface area (Å²) in [4.78, 5) is 12.6. The topological polar surface area (TPSA) is 26.3 Å². The summed E-state index contributed by atoms with van der Waals surface area (Å²) >= 11 is 0. The average molecular weight is 492 g/mol. The van der Waals surface area contributed by atoms with Gasteiger partial charge in [-0.1, -0.05) is 69.2 Å². The van der Waals surface area contributed by atoms with Gasteiger partial charge in [-0.2, -0.15) is 0 Å². The lowest BCUT2D eigenvalue weighted by atomic mass is 9.44. The Kier molecular flexibility index (Phi) is 6.53. The Hall–Kier alpha value is -1.19. The fourth-order valence-corrected chi connectivity index (χ4v) is 9.84. The maximum absolute atomic E-state index is 12.6. The van der Waals surface area contributed by atoms with Gasteiger partial charge in [0.2, 0.25) is 9.04 Å². The van der Waals surface area contributed by atoms with E-state index in [2.05, 4.69) is 78.1 Å². The monoisotopic (exact) mass is 491 g/mol. The highest BCUT2D eigenvalue weighted by atomic mass is 28.3. The molecule has 0 spiro atoms. The molecule has 3 heteroatoms. The lowest BCUT2D eigenvalue weighted by molar-refractivity contribution is -0.124. The van der Waals surface area contributed by atoms with Crippen molar-refractivity contribution in [1.82, 2.24) is 0 Å². The van der Waals surface area contributed by atoms with Gasteiger partial charge in [-0.3, -0.25) is 4.79 Å². The number of ketones is 1. The van der Waals surface area contributed by atoms with Crippen molar-refractivity contribution >= 4 is 14.8 Å². The van der Waals surface area contributed by atoms with Crippen molar-refractivity contribution in [2.24, 2.45) is 39.9 Å². The standard InChI is InChI=1S/C32H47O2Si/c1-21-8-10-22(11-9-21)25-19-23-18-24(33)14-16-31(23,5)26-15-17-32(20-34-35(6)7)27(29(25)26)12-13-28(32)30(2,3)4/h8-11,19,25-29H,12-18,20H2,1-7H3/t25-,26+,27+,28-,29-,31+,32-/m1/s1. The van der Waals surface area contributed by atoms with E-state index < -0.39 is 9.04 Å². The normalized spacial score (nSPS) is 39.1. The minimum Gasteiger partial charge on any atom is -0.417 e. The van der Waals surface area contributed by atoms with Crippen molar-refractivity contribution in [1.29, 1.82) is 0 Å². The zero-order valence-corrected chi connectivity index (χ0v) is 24.2. The summed E-state index contributed by atoms with van der Waals surface area (Å²) in [6, 6.07) is 9.34. The molecule has 35 heavy (non-hydrogen) atoms. The molecule has 1 aromatic carbocycles. The van der Waals surface area contributed by atoms with E-state index in [9.17, 15) is 4.79 Å². The fourth-order valence-electron chi connectivity index (χ4n) is 9.28. The van der Waals surface area contributed by atoms with E-state index >= 15 is 0 Å². The van der Waals surface area contributed by atoms with Crippen LogP contribution in [0.1, 0.15) is 89.7 Å². The number of benzene rings is 1. The minimum atomic E-state index is -0.729. The molecular weight excluding hydrogens is 444 g/mol. The van der Waals surface area contributed by atoms with Gasteiger partial charge in [0.15, 0.2) is 0 Å². The number of hydrogen-bond acceptors (Lipinski definition) is 2. The summed E-state index contributed by atoms with van der Waals surface area (Å²) in [5, 5.41) is 0. The van der Waals surface area contributed by atoms with Gasteiger partial charge < -0.3 is 4.43 Å². The highest BCUT2D eigenvalue weighted by Crippen LogP contribution is 2.70. The number of allylic oxidation sites excluding steroid dienone is 2. The van der Waals surface area contributed by atoms with Gasteiger partial charge in [0, 0.05) is 25.4 Å². The highest BCUT2D eigenvalue weighted by molar-refractivity contribution is 6.48. The first-order valence-corrected chi connectivity index (χ1v) is 16.6. The van der Waals surface area contributed by atoms with Crippen LogP contribution in [-0.2, 0) is 9.22 Å². The number of fused-ring (bicyclic) bond motifs is 5. The Morgan fingerprint density at radius 3 is 2.40 bits per heavy atom. The summed E-state index contributed by atoms with van der Waals surface area (Å²) in [7, 11) is -0.729. The number of carbonyl (C=O) groups excluding carboxylic acids is 1. The van der Waals surface area contributed by atoms with Crippen molar-refractivity contribution in [3.63, 3.8) is 0 Å². The van der Waals surface area contributed by atoms with Crippen LogP contribution in [0, 0.1) is 46.8 Å². The quantitative estimate of drug-likeness (QED) is 0.314. The van der Waals surface area contributed by atoms with Gasteiger partial charge in [-0.25, -0.2) is 0 Å². The molecule has 0 N–H and O–H groups in total. The molecule has 0 heterocycles. The minimum absolute atomic E-state index is 0.192. The lowest BCUT2D eigenvalue weighted by Crippen LogP contribution is -2.55. The first kappa shape index (κ1) is 25.5. The van der Waals surface area contributed by atoms with E-state index in [1.165, 1.54) is 42.4 Å². The summed E-state index contributed by atoms with van der Waals surface area (Å²) in [6.07, 6.45) is 10.4. The molecule has 3 saturated carbocycles. The van der Waals surface area contributed by atoms with Gasteiger partial charge in [0.25, 0.3) is 0 Å². The fraction of sp³-hybridized carbons (Fsp3) is 0.719. The van der Waals surface area contributed by atoms with Gasteiger partial charge in [-0.15, -0.1) is 0 Å². The largest absolute Gasteiger partial charge is 0.417 e. The Morgan fingerprint density at radius 1 is 1.03 bits per heavy atom. The van der Waals surface area contributed by atoms with Crippen molar-refractivity contribution in [3.05, 3.63) is 47.0 Å². The molecule has 0 bridgehead atoms. The van der Waals surface area contributed by atoms with Crippen LogP contribution in [0.2, 0.25) is 13.1 Å². The number of rotatable bonds is 4. The second-order valence-corrected chi connectivity index (χ2v) is 16.1. The highest BCUT2D eigenvalue weighted by Gasteiger charge is 2.63. The van der Waals surface area contributed by atoms with Crippen molar-refractivity contribution in [2.75, 3.05) is 6.61 Å². The van der Waals surface area contributed by atoms with E-state index in [4.69, 9.17) is 4.43 Å². The van der Waals surface area contributed by atoms with E-state index in [1.54, 1.807) is 0 Å². The van der Waals surface area contributed by atoms with Crippen molar-refractivity contribution in [2.45, 2.75) is 98.6 Å². The summed E-state index contributed by atoms with van der Waals surface area (Å²) in [6.45, 7) is 17.7. The Bertz CT molecular complexity index is 986. The summed E-state index contributed by atoms with van der Waals surface area (Å²) < 4.78 is 6.64. The zero-order valence-electron chi connectivity index (χ0n) is 23.2. The van der Waals surface area contributed by atoms with Crippen LogP contribution < -0.4 is 0 Å². The van der Waals surface area contributed by atoms with Crippen LogP contribution in [-0.4, -0.2) is 21.4 Å². The molecular formula is C32H47O2Si. The smallest absolute Gasteiger partial charge is 0.204 e. The van der Waals surface area contributed by atoms with Gasteiger partial charge in [-0.05, 0) is 97.6 Å². The maximum atomic E-state index is 12.6. The van der Waals surface area contributed by atoms with Crippen LogP contribution in [0.25, 0.3) is 0 Å². The van der Waals surface area contributed by atoms with Crippen LogP contribution in [0.15, 0.2) is 35.9 Å². The van der Waals surface area contributed by atoms with E-state index in [0.29, 0.717) is 47.2 Å². The summed E-state index contributed by atoms with van der Waals surface area (Å²) in [5.74, 6) is 3.60. The third-order valence-corrected chi connectivity index (χ3v) is 11.6. The molecule has 5 rings (SSSR count). The number of hydrogen-bond donors (Lipinski definition) is 0. The lowest BCUT2D eigenvalue weighted by Gasteiger charge is -2.61. The predicted molar refractivity (Wildman–Crippen MR) is 147 cm³/mol.